The molecule has 3 heterocycles. The maximum atomic E-state index is 13.0. The summed E-state index contributed by atoms with van der Waals surface area (Å²) in [7, 11) is 1.53. The first-order chi connectivity index (χ1) is 14.2. The van der Waals surface area contributed by atoms with Gasteiger partial charge < -0.3 is 14.2 Å². The molecule has 1 aromatic carbocycles. The van der Waals surface area contributed by atoms with Crippen LogP contribution in [0, 0.1) is 12.8 Å². The standard InChI is InChI=1S/C22H24N4O3/c1-15-7-3-4-9-17(15)20-24-19(29-25-20)13-16-8-6-12-26(14-16)22(27)18-10-5-11-23-21(18)28-2/h3-5,7,9-11,16H,6,8,12-14H2,1-2H3/t16-/m1/s1. The number of carbonyl (C=O) groups excluding carboxylic acids is 1. The fourth-order valence-corrected chi connectivity index (χ4v) is 3.82. The molecule has 1 fully saturated rings. The van der Waals surface area contributed by atoms with Crippen LogP contribution < -0.4 is 4.74 Å². The zero-order chi connectivity index (χ0) is 20.2. The molecule has 1 aliphatic rings. The first-order valence-electron chi connectivity index (χ1n) is 9.82. The Bertz CT molecular complexity index is 1000. The number of benzene rings is 1. The number of carbonyl (C=O) groups is 1. The highest BCUT2D eigenvalue weighted by molar-refractivity contribution is 5.96. The lowest BCUT2D eigenvalue weighted by Gasteiger charge is -2.32. The van der Waals surface area contributed by atoms with E-state index in [9.17, 15) is 4.79 Å². The summed E-state index contributed by atoms with van der Waals surface area (Å²) < 4.78 is 10.7. The number of aryl methyl sites for hydroxylation is 1. The van der Waals surface area contributed by atoms with Crippen LogP contribution in [0.25, 0.3) is 11.4 Å². The molecule has 1 amide bonds. The van der Waals surface area contributed by atoms with E-state index in [1.807, 2.05) is 36.1 Å². The largest absolute Gasteiger partial charge is 0.480 e. The molecule has 7 heteroatoms. The van der Waals surface area contributed by atoms with Gasteiger partial charge in [0.05, 0.1) is 7.11 Å². The second-order valence-electron chi connectivity index (χ2n) is 7.35. The Labute approximate surface area is 169 Å². The van der Waals surface area contributed by atoms with E-state index in [2.05, 4.69) is 15.1 Å². The minimum Gasteiger partial charge on any atom is -0.480 e. The zero-order valence-corrected chi connectivity index (χ0v) is 16.7. The van der Waals surface area contributed by atoms with Crippen LogP contribution in [0.15, 0.2) is 47.1 Å². The van der Waals surface area contributed by atoms with E-state index in [0.29, 0.717) is 36.1 Å². The summed E-state index contributed by atoms with van der Waals surface area (Å²) in [6.07, 6.45) is 4.25. The lowest BCUT2D eigenvalue weighted by atomic mass is 9.94. The third-order valence-electron chi connectivity index (χ3n) is 5.32. The number of piperidine rings is 1. The molecule has 1 atom stereocenters. The molecule has 0 N–H and O–H groups in total. The van der Waals surface area contributed by atoms with E-state index < -0.39 is 0 Å². The molecule has 0 aliphatic carbocycles. The molecule has 150 valence electrons. The molecular weight excluding hydrogens is 368 g/mol. The van der Waals surface area contributed by atoms with Crippen molar-refractivity contribution in [3.8, 4) is 17.3 Å². The Balaban J connectivity index is 1.44. The van der Waals surface area contributed by atoms with Gasteiger partial charge in [0.25, 0.3) is 5.91 Å². The molecule has 2 aromatic heterocycles. The highest BCUT2D eigenvalue weighted by Crippen LogP contribution is 2.25. The summed E-state index contributed by atoms with van der Waals surface area (Å²) in [6.45, 7) is 3.41. The lowest BCUT2D eigenvalue weighted by Crippen LogP contribution is -2.40. The van der Waals surface area contributed by atoms with E-state index in [1.54, 1.807) is 18.3 Å². The number of amides is 1. The molecule has 4 rings (SSSR count). The van der Waals surface area contributed by atoms with Gasteiger partial charge >= 0.3 is 0 Å². The summed E-state index contributed by atoms with van der Waals surface area (Å²) >= 11 is 0. The average molecular weight is 392 g/mol. The number of rotatable bonds is 5. The molecule has 1 saturated heterocycles. The van der Waals surface area contributed by atoms with Crippen molar-refractivity contribution in [2.24, 2.45) is 5.92 Å². The van der Waals surface area contributed by atoms with Crippen molar-refractivity contribution in [1.82, 2.24) is 20.0 Å². The van der Waals surface area contributed by atoms with Gasteiger partial charge in [0.2, 0.25) is 17.6 Å². The predicted molar refractivity (Wildman–Crippen MR) is 108 cm³/mol. The zero-order valence-electron chi connectivity index (χ0n) is 16.7. The van der Waals surface area contributed by atoms with Gasteiger partial charge in [0.1, 0.15) is 5.56 Å². The third kappa shape index (κ3) is 4.13. The number of ether oxygens (including phenoxy) is 1. The molecule has 0 bridgehead atoms. The van der Waals surface area contributed by atoms with Crippen LogP contribution in [0.4, 0.5) is 0 Å². The highest BCUT2D eigenvalue weighted by Gasteiger charge is 2.28. The Morgan fingerprint density at radius 2 is 2.14 bits per heavy atom. The number of likely N-dealkylation sites (tertiary alicyclic amines) is 1. The number of pyridine rings is 1. The Morgan fingerprint density at radius 1 is 1.28 bits per heavy atom. The van der Waals surface area contributed by atoms with Gasteiger partial charge in [-0.05, 0) is 43.4 Å². The number of nitrogens with zero attached hydrogens (tertiary/aromatic N) is 4. The minimum atomic E-state index is -0.0502. The van der Waals surface area contributed by atoms with Crippen molar-refractivity contribution in [3.05, 3.63) is 59.6 Å². The van der Waals surface area contributed by atoms with Gasteiger partial charge in [0.15, 0.2) is 0 Å². The van der Waals surface area contributed by atoms with E-state index in [-0.39, 0.29) is 11.8 Å². The van der Waals surface area contributed by atoms with E-state index >= 15 is 0 Å². The number of aromatic nitrogens is 3. The predicted octanol–water partition coefficient (Wildman–Crippen LogP) is 3.54. The first-order valence-corrected chi connectivity index (χ1v) is 9.82. The van der Waals surface area contributed by atoms with Gasteiger partial charge in [0, 0.05) is 31.3 Å². The molecule has 0 spiro atoms. The van der Waals surface area contributed by atoms with Gasteiger partial charge in [-0.2, -0.15) is 4.98 Å². The van der Waals surface area contributed by atoms with Crippen molar-refractivity contribution >= 4 is 5.91 Å². The van der Waals surface area contributed by atoms with Crippen LogP contribution in [0.3, 0.4) is 0 Å². The van der Waals surface area contributed by atoms with Crippen molar-refractivity contribution in [3.63, 3.8) is 0 Å². The molecular formula is C22H24N4O3. The molecule has 0 radical (unpaired) electrons. The van der Waals surface area contributed by atoms with Crippen LogP contribution in [0.2, 0.25) is 0 Å². The van der Waals surface area contributed by atoms with Crippen LogP contribution in [-0.4, -0.2) is 46.1 Å². The van der Waals surface area contributed by atoms with Crippen LogP contribution >= 0.6 is 0 Å². The summed E-state index contributed by atoms with van der Waals surface area (Å²) in [4.78, 5) is 23.5. The summed E-state index contributed by atoms with van der Waals surface area (Å²) in [6, 6.07) is 11.5. The molecule has 1 aliphatic heterocycles. The van der Waals surface area contributed by atoms with E-state index in [4.69, 9.17) is 9.26 Å². The van der Waals surface area contributed by atoms with Crippen molar-refractivity contribution in [2.75, 3.05) is 20.2 Å². The molecule has 0 unspecified atom stereocenters. The topological polar surface area (TPSA) is 81.4 Å². The van der Waals surface area contributed by atoms with Crippen molar-refractivity contribution in [1.29, 1.82) is 0 Å². The SMILES string of the molecule is COc1ncccc1C(=O)N1CCC[C@H](Cc2nc(-c3ccccc3C)no2)C1. The maximum Gasteiger partial charge on any atom is 0.259 e. The molecule has 29 heavy (non-hydrogen) atoms. The smallest absolute Gasteiger partial charge is 0.259 e. The fraction of sp³-hybridized carbons (Fsp3) is 0.364. The molecule has 0 saturated carbocycles. The number of methoxy groups -OCH3 is 1. The third-order valence-corrected chi connectivity index (χ3v) is 5.32. The number of hydrogen-bond acceptors (Lipinski definition) is 6. The molecule has 3 aromatic rings. The average Bonchev–Trinajstić information content (AvgIpc) is 3.22. The van der Waals surface area contributed by atoms with Crippen molar-refractivity contribution < 1.29 is 14.1 Å². The van der Waals surface area contributed by atoms with Gasteiger partial charge in [-0.15, -0.1) is 0 Å². The van der Waals surface area contributed by atoms with Gasteiger partial charge in [-0.1, -0.05) is 29.4 Å². The van der Waals surface area contributed by atoms with E-state index in [1.165, 1.54) is 7.11 Å². The summed E-state index contributed by atoms with van der Waals surface area (Å²) in [5, 5.41) is 4.15. The summed E-state index contributed by atoms with van der Waals surface area (Å²) in [5.41, 5.74) is 2.58. The van der Waals surface area contributed by atoms with Gasteiger partial charge in [-0.3, -0.25) is 4.79 Å². The molecule has 7 nitrogen and oxygen atoms in total. The highest BCUT2D eigenvalue weighted by atomic mass is 16.5. The second kappa shape index (κ2) is 8.43. The van der Waals surface area contributed by atoms with Crippen LogP contribution in [-0.2, 0) is 6.42 Å². The maximum absolute atomic E-state index is 13.0. The fourth-order valence-electron chi connectivity index (χ4n) is 3.82. The van der Waals surface area contributed by atoms with Crippen LogP contribution in [0.1, 0.15) is 34.7 Å². The number of hydrogen-bond donors (Lipinski definition) is 0. The monoisotopic (exact) mass is 392 g/mol. The summed E-state index contributed by atoms with van der Waals surface area (Å²) in [5.74, 6) is 1.81. The Morgan fingerprint density at radius 3 is 2.97 bits per heavy atom. The quantitative estimate of drug-likeness (QED) is 0.661. The van der Waals surface area contributed by atoms with E-state index in [0.717, 1.165) is 30.5 Å². The van der Waals surface area contributed by atoms with Crippen molar-refractivity contribution in [2.45, 2.75) is 26.2 Å². The van der Waals surface area contributed by atoms with Crippen LogP contribution in [0.5, 0.6) is 5.88 Å². The Kier molecular flexibility index (Phi) is 5.55. The Hall–Kier alpha value is -3.22. The lowest BCUT2D eigenvalue weighted by molar-refractivity contribution is 0.0664. The first kappa shape index (κ1) is 19.1. The second-order valence-corrected chi connectivity index (χ2v) is 7.35. The normalized spacial score (nSPS) is 16.6. The van der Waals surface area contributed by atoms with Gasteiger partial charge in [-0.25, -0.2) is 4.98 Å². The minimum absolute atomic E-state index is 0.0502.